The molecule has 0 radical (unpaired) electrons. The molecule has 5 nitrogen and oxygen atoms in total. The molecule has 1 aliphatic rings. The standard InChI is InChI=1S/C18H18N4O/c19-11-14-7-4-8-15(21-14)12-20-16-9-10-17(23)22-18(16)13-5-2-1-3-6-13/h1-8,16,18,20H,9-10,12H2,(H,22,23)/t16-,18+/m1/s1. The summed E-state index contributed by atoms with van der Waals surface area (Å²) in [7, 11) is 0. The van der Waals surface area contributed by atoms with E-state index < -0.39 is 0 Å². The van der Waals surface area contributed by atoms with Crippen LogP contribution in [0.3, 0.4) is 0 Å². The van der Waals surface area contributed by atoms with E-state index in [2.05, 4.69) is 15.6 Å². The molecule has 0 unspecified atom stereocenters. The normalized spacial score (nSPS) is 20.6. The zero-order valence-electron chi connectivity index (χ0n) is 12.7. The number of piperidine rings is 1. The first kappa shape index (κ1) is 15.2. The Kier molecular flexibility index (Phi) is 4.65. The third kappa shape index (κ3) is 3.74. The summed E-state index contributed by atoms with van der Waals surface area (Å²) < 4.78 is 0. The van der Waals surface area contributed by atoms with Crippen molar-refractivity contribution >= 4 is 5.91 Å². The third-order valence-corrected chi connectivity index (χ3v) is 4.03. The number of benzene rings is 1. The Hall–Kier alpha value is -2.71. The van der Waals surface area contributed by atoms with Crippen LogP contribution in [0.1, 0.15) is 35.8 Å². The van der Waals surface area contributed by atoms with Crippen LogP contribution in [0.5, 0.6) is 0 Å². The Morgan fingerprint density at radius 2 is 2.04 bits per heavy atom. The van der Waals surface area contributed by atoms with Crippen LogP contribution in [-0.4, -0.2) is 16.9 Å². The highest BCUT2D eigenvalue weighted by atomic mass is 16.1. The molecule has 0 saturated carbocycles. The molecule has 2 aromatic rings. The van der Waals surface area contributed by atoms with Gasteiger partial charge in [-0.05, 0) is 24.1 Å². The van der Waals surface area contributed by atoms with Crippen molar-refractivity contribution in [2.24, 2.45) is 0 Å². The Morgan fingerprint density at radius 1 is 1.22 bits per heavy atom. The predicted molar refractivity (Wildman–Crippen MR) is 86.1 cm³/mol. The van der Waals surface area contributed by atoms with Crippen LogP contribution in [0.4, 0.5) is 0 Å². The molecule has 23 heavy (non-hydrogen) atoms. The number of pyridine rings is 1. The molecule has 1 aliphatic heterocycles. The number of nitrogens with one attached hydrogen (secondary N) is 2. The van der Waals surface area contributed by atoms with Crippen molar-refractivity contribution in [3.8, 4) is 6.07 Å². The van der Waals surface area contributed by atoms with Crippen molar-refractivity contribution in [2.75, 3.05) is 0 Å². The Labute approximate surface area is 135 Å². The van der Waals surface area contributed by atoms with Crippen molar-refractivity contribution < 1.29 is 4.79 Å². The van der Waals surface area contributed by atoms with E-state index in [1.54, 1.807) is 6.07 Å². The Balaban J connectivity index is 1.72. The molecule has 0 bridgehead atoms. The van der Waals surface area contributed by atoms with Gasteiger partial charge in [-0.1, -0.05) is 36.4 Å². The molecule has 116 valence electrons. The molecule has 1 aromatic heterocycles. The number of carbonyl (C=O) groups excluding carboxylic acids is 1. The Bertz CT molecular complexity index is 723. The van der Waals surface area contributed by atoms with Crippen molar-refractivity contribution in [3.05, 3.63) is 65.5 Å². The first-order valence-electron chi connectivity index (χ1n) is 7.70. The van der Waals surface area contributed by atoms with Crippen molar-refractivity contribution in [2.45, 2.75) is 31.5 Å². The van der Waals surface area contributed by atoms with Gasteiger partial charge >= 0.3 is 0 Å². The summed E-state index contributed by atoms with van der Waals surface area (Å²) in [6.45, 7) is 0.569. The number of nitriles is 1. The number of carbonyl (C=O) groups is 1. The van der Waals surface area contributed by atoms with Crippen molar-refractivity contribution in [3.63, 3.8) is 0 Å². The number of rotatable bonds is 4. The second-order valence-corrected chi connectivity index (χ2v) is 5.61. The molecule has 1 fully saturated rings. The molecule has 3 rings (SSSR count). The van der Waals surface area contributed by atoms with Gasteiger partial charge in [0.05, 0.1) is 11.7 Å². The minimum atomic E-state index is -0.0448. The smallest absolute Gasteiger partial charge is 0.220 e. The second-order valence-electron chi connectivity index (χ2n) is 5.61. The molecule has 0 aliphatic carbocycles. The molecule has 1 saturated heterocycles. The molecule has 2 atom stereocenters. The van der Waals surface area contributed by atoms with Crippen molar-refractivity contribution in [1.82, 2.24) is 15.6 Å². The lowest BCUT2D eigenvalue weighted by Crippen LogP contribution is -2.48. The largest absolute Gasteiger partial charge is 0.348 e. The average Bonchev–Trinajstić information content (AvgIpc) is 2.61. The molecule has 5 heteroatoms. The van der Waals surface area contributed by atoms with Gasteiger partial charge in [-0.3, -0.25) is 4.79 Å². The zero-order valence-corrected chi connectivity index (χ0v) is 12.7. The van der Waals surface area contributed by atoms with Crippen molar-refractivity contribution in [1.29, 1.82) is 5.26 Å². The fourth-order valence-corrected chi connectivity index (χ4v) is 2.87. The second kappa shape index (κ2) is 7.03. The summed E-state index contributed by atoms with van der Waals surface area (Å²) in [6, 6.07) is 17.5. The van der Waals surface area contributed by atoms with E-state index in [9.17, 15) is 4.79 Å². The van der Waals surface area contributed by atoms with Crippen LogP contribution in [0.15, 0.2) is 48.5 Å². The minimum absolute atomic E-state index is 0.0448. The average molecular weight is 306 g/mol. The third-order valence-electron chi connectivity index (χ3n) is 4.03. The van der Waals surface area contributed by atoms with Gasteiger partial charge in [0, 0.05) is 19.0 Å². The van der Waals surface area contributed by atoms with Gasteiger partial charge in [-0.25, -0.2) is 4.98 Å². The molecular weight excluding hydrogens is 288 g/mol. The van der Waals surface area contributed by atoms with E-state index in [4.69, 9.17) is 5.26 Å². The van der Waals surface area contributed by atoms with Gasteiger partial charge in [0.2, 0.25) is 5.91 Å². The summed E-state index contributed by atoms with van der Waals surface area (Å²) in [5.74, 6) is 0.0847. The molecule has 0 spiro atoms. The Morgan fingerprint density at radius 3 is 2.83 bits per heavy atom. The zero-order chi connectivity index (χ0) is 16.1. The molecular formula is C18H18N4O. The maximum absolute atomic E-state index is 11.8. The fraction of sp³-hybridized carbons (Fsp3) is 0.278. The van der Waals surface area contributed by atoms with Crippen LogP contribution in [0, 0.1) is 11.3 Å². The highest BCUT2D eigenvalue weighted by Gasteiger charge is 2.29. The van der Waals surface area contributed by atoms with Gasteiger partial charge in [0.15, 0.2) is 0 Å². The van der Waals surface area contributed by atoms with Gasteiger partial charge in [0.25, 0.3) is 0 Å². The summed E-state index contributed by atoms with van der Waals surface area (Å²) in [6.07, 6.45) is 1.30. The van der Waals surface area contributed by atoms with Crippen LogP contribution in [-0.2, 0) is 11.3 Å². The summed E-state index contributed by atoms with van der Waals surface area (Å²) in [5.41, 5.74) is 2.34. The maximum atomic E-state index is 11.8. The van der Waals surface area contributed by atoms with Crippen LogP contribution in [0.2, 0.25) is 0 Å². The van der Waals surface area contributed by atoms with E-state index >= 15 is 0 Å². The number of aromatic nitrogens is 1. The topological polar surface area (TPSA) is 77.8 Å². The van der Waals surface area contributed by atoms with Crippen LogP contribution in [0.25, 0.3) is 0 Å². The van der Waals surface area contributed by atoms with Gasteiger partial charge < -0.3 is 10.6 Å². The first-order chi connectivity index (χ1) is 11.3. The number of hydrogen-bond donors (Lipinski definition) is 2. The molecule has 2 heterocycles. The van der Waals surface area contributed by atoms with Crippen LogP contribution < -0.4 is 10.6 Å². The predicted octanol–water partition coefficient (Wildman–Crippen LogP) is 2.06. The summed E-state index contributed by atoms with van der Waals surface area (Å²) >= 11 is 0. The molecule has 1 amide bonds. The van der Waals surface area contributed by atoms with E-state index in [0.717, 1.165) is 17.7 Å². The SMILES string of the molecule is N#Cc1cccc(CN[C@@H]2CCC(=O)N[C@H]2c2ccccc2)n1. The summed E-state index contributed by atoms with van der Waals surface area (Å²) in [5, 5.41) is 15.5. The summed E-state index contributed by atoms with van der Waals surface area (Å²) in [4.78, 5) is 16.0. The number of amides is 1. The highest BCUT2D eigenvalue weighted by Crippen LogP contribution is 2.24. The van der Waals surface area contributed by atoms with E-state index in [-0.39, 0.29) is 18.0 Å². The minimum Gasteiger partial charge on any atom is -0.348 e. The highest BCUT2D eigenvalue weighted by molar-refractivity contribution is 5.77. The van der Waals surface area contributed by atoms with Gasteiger partial charge in [0.1, 0.15) is 11.8 Å². The molecule has 2 N–H and O–H groups in total. The van der Waals surface area contributed by atoms with E-state index in [0.29, 0.717) is 18.7 Å². The quantitative estimate of drug-likeness (QED) is 0.906. The van der Waals surface area contributed by atoms with Gasteiger partial charge in [-0.2, -0.15) is 5.26 Å². The lowest BCUT2D eigenvalue weighted by molar-refractivity contribution is -0.123. The first-order valence-corrected chi connectivity index (χ1v) is 7.70. The number of hydrogen-bond acceptors (Lipinski definition) is 4. The van der Waals surface area contributed by atoms with E-state index in [1.807, 2.05) is 48.5 Å². The lowest BCUT2D eigenvalue weighted by Gasteiger charge is -2.33. The molecule has 1 aromatic carbocycles. The van der Waals surface area contributed by atoms with Crippen LogP contribution >= 0.6 is 0 Å². The van der Waals surface area contributed by atoms with Gasteiger partial charge in [-0.15, -0.1) is 0 Å². The number of nitrogens with zero attached hydrogens (tertiary/aromatic N) is 2. The maximum Gasteiger partial charge on any atom is 0.220 e. The monoisotopic (exact) mass is 306 g/mol. The lowest BCUT2D eigenvalue weighted by atomic mass is 9.92. The fourth-order valence-electron chi connectivity index (χ4n) is 2.87. The van der Waals surface area contributed by atoms with E-state index in [1.165, 1.54) is 0 Å².